The van der Waals surface area contributed by atoms with Gasteiger partial charge in [0.2, 0.25) is 12.0 Å². The maximum absolute atomic E-state index is 14.0. The molecule has 0 bridgehead atoms. The summed E-state index contributed by atoms with van der Waals surface area (Å²) >= 11 is 0. The Labute approximate surface area is 209 Å². The maximum atomic E-state index is 14.0. The fourth-order valence-corrected chi connectivity index (χ4v) is 4.47. The molecule has 10 nitrogen and oxygen atoms in total. The summed E-state index contributed by atoms with van der Waals surface area (Å²) in [5.41, 5.74) is 1.98. The molecule has 37 heavy (non-hydrogen) atoms. The van der Waals surface area contributed by atoms with E-state index in [1.807, 2.05) is 17.7 Å². The highest BCUT2D eigenvalue weighted by Crippen LogP contribution is 2.34. The van der Waals surface area contributed by atoms with Crippen molar-refractivity contribution in [2.24, 2.45) is 0 Å². The maximum Gasteiger partial charge on any atom is 0.280 e. The standard InChI is InChI=1S/C24H20F3N9O/c1-14-22(32-33-36(14)17-4-6-34(13-29)7-5-17)15-8-20-31-12-18(10-28)35(20)21(9-15)37-23(24(26)27)19-3-2-16(25)11-30-19/h2-3,8-9,11-12,17,23-24H,4-7H2,1H3. The average molecular weight is 507 g/mol. The highest BCUT2D eigenvalue weighted by atomic mass is 19.3. The van der Waals surface area contributed by atoms with Crippen molar-refractivity contribution in [3.63, 3.8) is 0 Å². The minimum Gasteiger partial charge on any atom is -0.463 e. The van der Waals surface area contributed by atoms with Crippen LogP contribution >= 0.6 is 0 Å². The van der Waals surface area contributed by atoms with Gasteiger partial charge in [-0.3, -0.25) is 9.38 Å². The highest BCUT2D eigenvalue weighted by Gasteiger charge is 2.29. The molecule has 1 saturated heterocycles. The highest BCUT2D eigenvalue weighted by molar-refractivity contribution is 5.68. The Bertz CT molecular complexity index is 1510. The molecular weight excluding hydrogens is 487 g/mol. The number of pyridine rings is 2. The molecule has 0 amide bonds. The van der Waals surface area contributed by atoms with E-state index in [-0.39, 0.29) is 23.3 Å². The van der Waals surface area contributed by atoms with Gasteiger partial charge in [-0.2, -0.15) is 10.5 Å². The number of alkyl halides is 2. The van der Waals surface area contributed by atoms with Crippen LogP contribution in [-0.4, -0.2) is 53.8 Å². The van der Waals surface area contributed by atoms with Gasteiger partial charge in [-0.1, -0.05) is 5.21 Å². The number of nitriles is 2. The van der Waals surface area contributed by atoms with Crippen molar-refractivity contribution in [3.05, 3.63) is 59.6 Å². The molecule has 0 saturated carbocycles. The summed E-state index contributed by atoms with van der Waals surface area (Å²) in [5.74, 6) is -0.742. The van der Waals surface area contributed by atoms with E-state index in [9.17, 15) is 18.4 Å². The Morgan fingerprint density at radius 1 is 1.11 bits per heavy atom. The summed E-state index contributed by atoms with van der Waals surface area (Å²) in [7, 11) is 0. The number of likely N-dealkylation sites (tertiary alicyclic amines) is 1. The smallest absolute Gasteiger partial charge is 0.280 e. The lowest BCUT2D eigenvalue weighted by Crippen LogP contribution is -2.31. The number of rotatable bonds is 6. The number of halogens is 3. The molecule has 1 atom stereocenters. The monoisotopic (exact) mass is 507 g/mol. The number of piperidine rings is 1. The van der Waals surface area contributed by atoms with E-state index in [1.54, 1.807) is 11.0 Å². The quantitative estimate of drug-likeness (QED) is 0.361. The van der Waals surface area contributed by atoms with E-state index in [4.69, 9.17) is 10.00 Å². The number of hydrogen-bond acceptors (Lipinski definition) is 8. The van der Waals surface area contributed by atoms with E-state index in [2.05, 4.69) is 26.5 Å². The van der Waals surface area contributed by atoms with Crippen molar-refractivity contribution in [1.29, 1.82) is 10.5 Å². The van der Waals surface area contributed by atoms with Crippen molar-refractivity contribution in [1.82, 2.24) is 34.3 Å². The van der Waals surface area contributed by atoms with Crippen LogP contribution < -0.4 is 4.74 Å². The third-order valence-corrected chi connectivity index (χ3v) is 6.36. The summed E-state index contributed by atoms with van der Waals surface area (Å²) in [6, 6.07) is 7.35. The van der Waals surface area contributed by atoms with Crippen LogP contribution in [0.1, 0.15) is 42.1 Å². The van der Waals surface area contributed by atoms with E-state index >= 15 is 0 Å². The summed E-state index contributed by atoms with van der Waals surface area (Å²) in [6.07, 6.45) is 0.950. The van der Waals surface area contributed by atoms with Gasteiger partial charge in [0.1, 0.15) is 28.9 Å². The second-order valence-electron chi connectivity index (χ2n) is 8.59. The Kier molecular flexibility index (Phi) is 6.36. The minimum atomic E-state index is -2.99. The minimum absolute atomic E-state index is 0.0645. The summed E-state index contributed by atoms with van der Waals surface area (Å²) in [5, 5.41) is 27.3. The second-order valence-corrected chi connectivity index (χ2v) is 8.59. The van der Waals surface area contributed by atoms with Gasteiger partial charge >= 0.3 is 0 Å². The Morgan fingerprint density at radius 3 is 2.54 bits per heavy atom. The molecule has 13 heteroatoms. The van der Waals surface area contributed by atoms with E-state index in [0.29, 0.717) is 30.0 Å². The van der Waals surface area contributed by atoms with Crippen molar-refractivity contribution < 1.29 is 17.9 Å². The molecular formula is C24H20F3N9O. The molecule has 1 fully saturated rings. The molecule has 5 rings (SSSR count). The van der Waals surface area contributed by atoms with E-state index in [0.717, 1.165) is 36.9 Å². The zero-order chi connectivity index (χ0) is 26.1. The lowest BCUT2D eigenvalue weighted by atomic mass is 10.0. The summed E-state index contributed by atoms with van der Waals surface area (Å²) < 4.78 is 50.2. The number of ether oxygens (including phenoxy) is 1. The van der Waals surface area contributed by atoms with Crippen molar-refractivity contribution >= 4 is 5.65 Å². The van der Waals surface area contributed by atoms with Crippen molar-refractivity contribution in [2.45, 2.75) is 38.3 Å². The van der Waals surface area contributed by atoms with Gasteiger partial charge in [-0.15, -0.1) is 5.10 Å². The first kappa shape index (κ1) is 24.1. The van der Waals surface area contributed by atoms with Crippen LogP contribution in [-0.2, 0) is 0 Å². The summed E-state index contributed by atoms with van der Waals surface area (Å²) in [4.78, 5) is 9.68. The van der Waals surface area contributed by atoms with Gasteiger partial charge in [0, 0.05) is 24.7 Å². The molecule has 0 aromatic carbocycles. The number of hydrogen-bond donors (Lipinski definition) is 0. The molecule has 0 spiro atoms. The molecule has 1 aliphatic heterocycles. The molecule has 4 aromatic rings. The summed E-state index contributed by atoms with van der Waals surface area (Å²) in [6.45, 7) is 3.10. The fourth-order valence-electron chi connectivity index (χ4n) is 4.47. The van der Waals surface area contributed by atoms with Gasteiger partial charge in [0.15, 0.2) is 6.19 Å². The van der Waals surface area contributed by atoms with Crippen LogP contribution in [0.5, 0.6) is 5.88 Å². The third kappa shape index (κ3) is 4.51. The lowest BCUT2D eigenvalue weighted by Gasteiger charge is -2.28. The van der Waals surface area contributed by atoms with E-state index in [1.165, 1.54) is 16.7 Å². The Balaban J connectivity index is 1.55. The van der Waals surface area contributed by atoms with Crippen LogP contribution in [0.15, 0.2) is 36.7 Å². The van der Waals surface area contributed by atoms with Crippen LogP contribution in [0.3, 0.4) is 0 Å². The largest absolute Gasteiger partial charge is 0.463 e. The van der Waals surface area contributed by atoms with E-state index < -0.39 is 18.3 Å². The molecule has 0 N–H and O–H groups in total. The van der Waals surface area contributed by atoms with Gasteiger partial charge in [-0.25, -0.2) is 22.8 Å². The average Bonchev–Trinajstić information content (AvgIpc) is 3.51. The predicted octanol–water partition coefficient (Wildman–Crippen LogP) is 3.81. The van der Waals surface area contributed by atoms with Crippen LogP contribution in [0, 0.1) is 35.5 Å². The number of fused-ring (bicyclic) bond motifs is 1. The lowest BCUT2D eigenvalue weighted by molar-refractivity contribution is 0.00489. The molecule has 0 aliphatic carbocycles. The Hall–Kier alpha value is -4.65. The molecule has 0 radical (unpaired) electrons. The first-order valence-corrected chi connectivity index (χ1v) is 11.4. The first-order valence-electron chi connectivity index (χ1n) is 11.4. The van der Waals surface area contributed by atoms with Gasteiger partial charge in [0.25, 0.3) is 6.43 Å². The van der Waals surface area contributed by atoms with Gasteiger partial charge in [0.05, 0.1) is 29.8 Å². The molecule has 1 aliphatic rings. The second kappa shape index (κ2) is 9.78. The van der Waals surface area contributed by atoms with Crippen LogP contribution in [0.25, 0.3) is 16.9 Å². The zero-order valence-electron chi connectivity index (χ0n) is 19.6. The van der Waals surface area contributed by atoms with Crippen LogP contribution in [0.4, 0.5) is 13.2 Å². The number of nitrogens with zero attached hydrogens (tertiary/aromatic N) is 9. The van der Waals surface area contributed by atoms with Gasteiger partial charge < -0.3 is 9.64 Å². The third-order valence-electron chi connectivity index (χ3n) is 6.36. The number of imidazole rings is 1. The predicted molar refractivity (Wildman–Crippen MR) is 123 cm³/mol. The normalized spacial score (nSPS) is 15.1. The number of aromatic nitrogens is 6. The zero-order valence-corrected chi connectivity index (χ0v) is 19.6. The Morgan fingerprint density at radius 2 is 1.89 bits per heavy atom. The fraction of sp³-hybridized carbons (Fsp3) is 0.333. The molecule has 5 heterocycles. The van der Waals surface area contributed by atoms with Gasteiger partial charge in [-0.05, 0) is 38.0 Å². The molecule has 1 unspecified atom stereocenters. The SMILES string of the molecule is Cc1c(-c2cc(OC(c3ccc(F)cn3)C(F)F)n3c(C#N)cnc3c2)nnn1C1CCN(C#N)CC1. The van der Waals surface area contributed by atoms with Crippen LogP contribution in [0.2, 0.25) is 0 Å². The first-order chi connectivity index (χ1) is 17.9. The molecule has 188 valence electrons. The van der Waals surface area contributed by atoms with Crippen molar-refractivity contribution in [3.8, 4) is 29.4 Å². The molecule has 4 aromatic heterocycles. The van der Waals surface area contributed by atoms with Crippen molar-refractivity contribution in [2.75, 3.05) is 13.1 Å². The topological polar surface area (TPSA) is 121 Å².